The molecule has 0 bridgehead atoms. The summed E-state index contributed by atoms with van der Waals surface area (Å²) in [5, 5.41) is 13.4. The molecule has 0 amide bonds. The van der Waals surface area contributed by atoms with Crippen molar-refractivity contribution in [3.63, 3.8) is 0 Å². The van der Waals surface area contributed by atoms with Crippen molar-refractivity contribution in [3.05, 3.63) is 59.9 Å². The Morgan fingerprint density at radius 2 is 1.72 bits per heavy atom. The lowest BCUT2D eigenvalue weighted by molar-refractivity contribution is 0.101. The number of anilines is 4. The predicted molar refractivity (Wildman–Crippen MR) is 118 cm³/mol. The van der Waals surface area contributed by atoms with E-state index in [0.717, 1.165) is 11.3 Å². The maximum absolute atomic E-state index is 12.1. The highest BCUT2D eigenvalue weighted by Crippen LogP contribution is 2.38. The van der Waals surface area contributed by atoms with Crippen LogP contribution in [0.1, 0.15) is 22.8 Å². The quantitative estimate of drug-likeness (QED) is 0.390. The molecular formula is C22H19N7O3. The number of rotatable bonds is 6. The molecule has 3 N–H and O–H groups in total. The monoisotopic (exact) mass is 429 g/mol. The van der Waals surface area contributed by atoms with Gasteiger partial charge in [-0.15, -0.1) is 0 Å². The number of aromatic nitrogens is 5. The fourth-order valence-corrected chi connectivity index (χ4v) is 3.26. The number of nitrogens with one attached hydrogen (secondary N) is 3. The number of ketones is 1. The number of aryl methyl sites for hydroxylation is 1. The van der Waals surface area contributed by atoms with Crippen molar-refractivity contribution < 1.29 is 14.3 Å². The van der Waals surface area contributed by atoms with Gasteiger partial charge in [-0.25, -0.2) is 9.97 Å². The maximum atomic E-state index is 12.1. The number of benzene rings is 2. The molecule has 3 heterocycles. The van der Waals surface area contributed by atoms with Gasteiger partial charge < -0.3 is 20.1 Å². The molecule has 10 nitrogen and oxygen atoms in total. The predicted octanol–water partition coefficient (Wildman–Crippen LogP) is 3.99. The van der Waals surface area contributed by atoms with Gasteiger partial charge in [0.15, 0.2) is 23.1 Å². The van der Waals surface area contributed by atoms with Crippen LogP contribution in [0.5, 0.6) is 11.5 Å². The number of carbonyl (C=O) groups is 1. The summed E-state index contributed by atoms with van der Waals surface area (Å²) in [7, 11) is 0. The number of H-pyrrole nitrogens is 1. The zero-order valence-electron chi connectivity index (χ0n) is 17.3. The number of ether oxygens (including phenoxy) is 2. The van der Waals surface area contributed by atoms with Gasteiger partial charge in [0, 0.05) is 17.7 Å². The third-order valence-corrected chi connectivity index (χ3v) is 4.89. The highest BCUT2D eigenvalue weighted by molar-refractivity contribution is 6.01. The largest absolute Gasteiger partial charge is 0.454 e. The minimum Gasteiger partial charge on any atom is -0.454 e. The van der Waals surface area contributed by atoms with E-state index >= 15 is 0 Å². The Kier molecular flexibility index (Phi) is 4.86. The Bertz CT molecular complexity index is 1300. The third kappa shape index (κ3) is 3.93. The smallest absolute Gasteiger partial charge is 0.233 e. The van der Waals surface area contributed by atoms with Gasteiger partial charge in [0.25, 0.3) is 0 Å². The summed E-state index contributed by atoms with van der Waals surface area (Å²) in [6.45, 7) is 3.63. The molecule has 0 aliphatic carbocycles. The van der Waals surface area contributed by atoms with Crippen molar-refractivity contribution in [2.75, 3.05) is 17.4 Å². The van der Waals surface area contributed by atoms with E-state index in [2.05, 4.69) is 35.8 Å². The van der Waals surface area contributed by atoms with E-state index in [4.69, 9.17) is 9.47 Å². The summed E-state index contributed by atoms with van der Waals surface area (Å²) in [5.41, 5.74) is 4.03. The molecule has 1 aliphatic heterocycles. The molecule has 2 aromatic carbocycles. The van der Waals surface area contributed by atoms with E-state index in [0.29, 0.717) is 34.5 Å². The SMILES string of the molecule is CC(=O)c1cc2c(cc1Nc1ncnc(Nc3cc(-c4ccc(C)cc4)[nH]n3)n1)OCO2. The Balaban J connectivity index is 1.36. The number of fused-ring (bicyclic) bond motifs is 1. The Hall–Kier alpha value is -4.47. The second-order valence-corrected chi connectivity index (χ2v) is 7.22. The summed E-state index contributed by atoms with van der Waals surface area (Å²) in [4.78, 5) is 24.8. The Labute approximate surface area is 183 Å². The fraction of sp³-hybridized carbons (Fsp3) is 0.136. The number of nitrogens with zero attached hydrogens (tertiary/aromatic N) is 4. The van der Waals surface area contributed by atoms with E-state index in [1.807, 2.05) is 37.3 Å². The van der Waals surface area contributed by atoms with Crippen molar-refractivity contribution >= 4 is 29.2 Å². The van der Waals surface area contributed by atoms with Crippen LogP contribution in [0.2, 0.25) is 0 Å². The number of Topliss-reactive ketones (excluding diaryl/α,β-unsaturated/α-hetero) is 1. The van der Waals surface area contributed by atoms with Gasteiger partial charge in [-0.2, -0.15) is 10.1 Å². The molecule has 10 heteroatoms. The molecule has 32 heavy (non-hydrogen) atoms. The summed E-state index contributed by atoms with van der Waals surface area (Å²) in [6, 6.07) is 13.3. The zero-order chi connectivity index (χ0) is 22.1. The van der Waals surface area contributed by atoms with Gasteiger partial charge >= 0.3 is 0 Å². The molecule has 160 valence electrons. The van der Waals surface area contributed by atoms with Gasteiger partial charge in [0.05, 0.1) is 11.4 Å². The van der Waals surface area contributed by atoms with Crippen LogP contribution in [0.3, 0.4) is 0 Å². The highest BCUT2D eigenvalue weighted by Gasteiger charge is 2.20. The molecule has 4 aromatic rings. The normalized spacial score (nSPS) is 11.9. The highest BCUT2D eigenvalue weighted by atomic mass is 16.7. The molecule has 0 saturated carbocycles. The van der Waals surface area contributed by atoms with Crippen LogP contribution in [0.15, 0.2) is 48.8 Å². The summed E-state index contributed by atoms with van der Waals surface area (Å²) in [6.07, 6.45) is 1.37. The van der Waals surface area contributed by atoms with Gasteiger partial charge in [0.1, 0.15) is 6.33 Å². The van der Waals surface area contributed by atoms with E-state index < -0.39 is 0 Å². The van der Waals surface area contributed by atoms with Crippen LogP contribution in [-0.4, -0.2) is 37.7 Å². The second-order valence-electron chi connectivity index (χ2n) is 7.22. The minimum absolute atomic E-state index is 0.115. The molecule has 1 aliphatic rings. The minimum atomic E-state index is -0.127. The van der Waals surface area contributed by atoms with Crippen molar-refractivity contribution in [1.82, 2.24) is 25.1 Å². The number of hydrogen-bond donors (Lipinski definition) is 3. The van der Waals surface area contributed by atoms with Crippen molar-refractivity contribution in [1.29, 1.82) is 0 Å². The molecule has 0 atom stereocenters. The summed E-state index contributed by atoms with van der Waals surface area (Å²) < 4.78 is 10.8. The van der Waals surface area contributed by atoms with Crippen LogP contribution in [0.4, 0.5) is 23.4 Å². The van der Waals surface area contributed by atoms with Crippen LogP contribution in [-0.2, 0) is 0 Å². The number of aromatic amines is 1. The average Bonchev–Trinajstić information content (AvgIpc) is 3.43. The lowest BCUT2D eigenvalue weighted by Crippen LogP contribution is -2.06. The van der Waals surface area contributed by atoms with Crippen LogP contribution < -0.4 is 20.1 Å². The van der Waals surface area contributed by atoms with Crippen LogP contribution in [0, 0.1) is 6.92 Å². The lowest BCUT2D eigenvalue weighted by Gasteiger charge is -2.10. The number of hydrogen-bond acceptors (Lipinski definition) is 9. The zero-order valence-corrected chi connectivity index (χ0v) is 17.3. The van der Waals surface area contributed by atoms with Gasteiger partial charge in [-0.3, -0.25) is 9.89 Å². The molecule has 0 spiro atoms. The van der Waals surface area contributed by atoms with E-state index in [1.165, 1.54) is 18.8 Å². The first-order valence-electron chi connectivity index (χ1n) is 9.85. The van der Waals surface area contributed by atoms with E-state index in [-0.39, 0.29) is 18.5 Å². The van der Waals surface area contributed by atoms with E-state index in [1.54, 1.807) is 12.1 Å². The van der Waals surface area contributed by atoms with Gasteiger partial charge in [0.2, 0.25) is 18.7 Å². The van der Waals surface area contributed by atoms with Crippen molar-refractivity contribution in [3.8, 4) is 22.8 Å². The molecule has 5 rings (SSSR count). The lowest BCUT2D eigenvalue weighted by atomic mass is 10.1. The first-order valence-corrected chi connectivity index (χ1v) is 9.85. The topological polar surface area (TPSA) is 127 Å². The molecule has 0 saturated heterocycles. The van der Waals surface area contributed by atoms with Crippen LogP contribution in [0.25, 0.3) is 11.3 Å². The van der Waals surface area contributed by atoms with Crippen LogP contribution >= 0.6 is 0 Å². The first-order chi connectivity index (χ1) is 15.5. The van der Waals surface area contributed by atoms with E-state index in [9.17, 15) is 4.79 Å². The molecule has 2 aromatic heterocycles. The van der Waals surface area contributed by atoms with Gasteiger partial charge in [-0.05, 0) is 25.5 Å². The third-order valence-electron chi connectivity index (χ3n) is 4.89. The number of carbonyl (C=O) groups excluding carboxylic acids is 1. The second kappa shape index (κ2) is 7.99. The van der Waals surface area contributed by atoms with Crippen molar-refractivity contribution in [2.45, 2.75) is 13.8 Å². The standard InChI is InChI=1S/C22H19N7O3/c1-12-3-5-14(6-4-12)16-9-20(29-28-16)26-22-24-10-23-21(27-22)25-17-8-19-18(31-11-32-19)7-15(17)13(2)30/h3-10H,11H2,1-2H3,(H3,23,24,25,26,27,28,29). The Morgan fingerprint density at radius 1 is 1.00 bits per heavy atom. The van der Waals surface area contributed by atoms with Crippen molar-refractivity contribution in [2.24, 2.45) is 0 Å². The molecular weight excluding hydrogens is 410 g/mol. The Morgan fingerprint density at radius 3 is 2.47 bits per heavy atom. The fourth-order valence-electron chi connectivity index (χ4n) is 3.26. The average molecular weight is 429 g/mol. The summed E-state index contributed by atoms with van der Waals surface area (Å²) >= 11 is 0. The summed E-state index contributed by atoms with van der Waals surface area (Å²) in [5.74, 6) is 2.07. The molecule has 0 radical (unpaired) electrons. The molecule has 0 unspecified atom stereocenters. The van der Waals surface area contributed by atoms with Gasteiger partial charge in [-0.1, -0.05) is 29.8 Å². The maximum Gasteiger partial charge on any atom is 0.233 e. The molecule has 0 fully saturated rings. The first kappa shape index (κ1) is 19.5.